The summed E-state index contributed by atoms with van der Waals surface area (Å²) in [5.74, 6) is -1.02. The number of rotatable bonds is 7. The highest BCUT2D eigenvalue weighted by atomic mass is 32.2. The highest BCUT2D eigenvalue weighted by Gasteiger charge is 2.51. The summed E-state index contributed by atoms with van der Waals surface area (Å²) < 4.78 is 33.1. The van der Waals surface area contributed by atoms with Crippen LogP contribution in [0.15, 0.2) is 53.4 Å². The molecule has 1 saturated heterocycles. The number of nitrogens with zero attached hydrogens (tertiary/aromatic N) is 1. The Hall–Kier alpha value is -2.56. The number of benzene rings is 2. The number of esters is 1. The number of carbonyl (C=O) groups excluding carboxylic acids is 2. The van der Waals surface area contributed by atoms with Gasteiger partial charge in [0.05, 0.1) is 10.8 Å². The maximum atomic E-state index is 13.7. The molecule has 2 atom stereocenters. The Bertz CT molecular complexity index is 1200. The zero-order chi connectivity index (χ0) is 26.9. The molecule has 0 bridgehead atoms. The monoisotopic (exact) mass is 533 g/mol. The van der Waals surface area contributed by atoms with Crippen LogP contribution in [0.3, 0.4) is 0 Å². The Morgan fingerprint density at radius 1 is 1.14 bits per heavy atom. The molecular formula is C26H35N3O5S2. The number of hydrogen-bond acceptors (Lipinski definition) is 7. The highest BCUT2D eigenvalue weighted by molar-refractivity contribution is 8.02. The van der Waals surface area contributed by atoms with Gasteiger partial charge in [-0.2, -0.15) is 4.31 Å². The van der Waals surface area contributed by atoms with Crippen molar-refractivity contribution in [2.75, 3.05) is 11.6 Å². The minimum atomic E-state index is -3.95. The molecule has 1 aliphatic heterocycles. The molecule has 2 aromatic rings. The van der Waals surface area contributed by atoms with Gasteiger partial charge in [-0.05, 0) is 71.4 Å². The first-order valence-electron chi connectivity index (χ1n) is 11.7. The zero-order valence-corrected chi connectivity index (χ0v) is 23.2. The van der Waals surface area contributed by atoms with E-state index in [9.17, 15) is 18.0 Å². The van der Waals surface area contributed by atoms with Gasteiger partial charge in [-0.15, -0.1) is 11.8 Å². The van der Waals surface area contributed by atoms with Gasteiger partial charge in [-0.3, -0.25) is 4.79 Å². The number of ether oxygens (including phenoxy) is 1. The zero-order valence-electron chi connectivity index (χ0n) is 21.6. The Labute approximate surface area is 218 Å². The number of hydrogen-bond donors (Lipinski definition) is 2. The molecule has 10 heteroatoms. The lowest BCUT2D eigenvalue weighted by molar-refractivity contribution is -0.158. The Morgan fingerprint density at radius 3 is 2.28 bits per heavy atom. The number of nitrogens with two attached hydrogens (primary N) is 1. The summed E-state index contributed by atoms with van der Waals surface area (Å²) in [4.78, 5) is 26.9. The fourth-order valence-corrected chi connectivity index (χ4v) is 7.11. The van der Waals surface area contributed by atoms with Crippen LogP contribution in [0.1, 0.15) is 45.7 Å². The van der Waals surface area contributed by atoms with Crippen LogP contribution in [0.5, 0.6) is 0 Å². The quantitative estimate of drug-likeness (QED) is 0.413. The average molecular weight is 534 g/mol. The van der Waals surface area contributed by atoms with Crippen LogP contribution < -0.4 is 11.1 Å². The standard InChI is InChI=1S/C26H35N3O5S2/c1-17-7-13-20(14-8-17)36(32,33)29-16-35-26(5,6)22(29)23(30)28-21(24(31)34-25(2,3)4)15-18-9-11-19(27)12-10-18/h7-14,21-22H,15-16,27H2,1-6H3,(H,28,30)/t21-,22+/m0/s1. The third kappa shape index (κ3) is 6.60. The fourth-order valence-electron chi connectivity index (χ4n) is 3.94. The number of anilines is 1. The maximum Gasteiger partial charge on any atom is 0.329 e. The van der Waals surface area contributed by atoms with Crippen molar-refractivity contribution in [1.29, 1.82) is 0 Å². The van der Waals surface area contributed by atoms with Crippen LogP contribution in [0.2, 0.25) is 0 Å². The van der Waals surface area contributed by atoms with Crippen molar-refractivity contribution < 1.29 is 22.7 Å². The van der Waals surface area contributed by atoms with Gasteiger partial charge in [-0.1, -0.05) is 29.8 Å². The van der Waals surface area contributed by atoms with E-state index in [1.54, 1.807) is 69.3 Å². The second kappa shape index (κ2) is 10.4. The van der Waals surface area contributed by atoms with Gasteiger partial charge in [0.15, 0.2) is 0 Å². The molecule has 196 valence electrons. The van der Waals surface area contributed by atoms with Crippen molar-refractivity contribution in [2.24, 2.45) is 0 Å². The number of amides is 1. The van der Waals surface area contributed by atoms with Crippen LogP contribution in [0.4, 0.5) is 5.69 Å². The van der Waals surface area contributed by atoms with E-state index in [1.807, 2.05) is 20.8 Å². The van der Waals surface area contributed by atoms with Gasteiger partial charge in [0.25, 0.3) is 0 Å². The summed E-state index contributed by atoms with van der Waals surface area (Å²) in [5.41, 5.74) is 7.32. The molecule has 2 aromatic carbocycles. The molecule has 1 heterocycles. The van der Waals surface area contributed by atoms with E-state index in [-0.39, 0.29) is 17.2 Å². The van der Waals surface area contributed by atoms with Gasteiger partial charge in [0.1, 0.15) is 17.7 Å². The third-order valence-corrected chi connectivity index (χ3v) is 9.18. The molecule has 1 amide bonds. The third-order valence-electron chi connectivity index (χ3n) is 5.81. The fraction of sp³-hybridized carbons (Fsp3) is 0.462. The summed E-state index contributed by atoms with van der Waals surface area (Å²) in [7, 11) is -3.95. The molecule has 0 aliphatic carbocycles. The van der Waals surface area contributed by atoms with Crippen LogP contribution >= 0.6 is 11.8 Å². The normalized spacial score (nSPS) is 19.0. The van der Waals surface area contributed by atoms with E-state index in [2.05, 4.69) is 5.32 Å². The lowest BCUT2D eigenvalue weighted by Crippen LogP contribution is -2.57. The van der Waals surface area contributed by atoms with E-state index in [4.69, 9.17) is 10.5 Å². The summed E-state index contributed by atoms with van der Waals surface area (Å²) in [6.45, 7) is 10.8. The molecule has 0 saturated carbocycles. The number of aryl methyl sites for hydroxylation is 1. The molecule has 0 aromatic heterocycles. The van der Waals surface area contributed by atoms with Crippen molar-refractivity contribution in [3.63, 3.8) is 0 Å². The maximum absolute atomic E-state index is 13.7. The lowest BCUT2D eigenvalue weighted by atomic mass is 10.0. The number of thioether (sulfide) groups is 1. The van der Waals surface area contributed by atoms with Crippen molar-refractivity contribution in [3.05, 3.63) is 59.7 Å². The molecule has 8 nitrogen and oxygen atoms in total. The van der Waals surface area contributed by atoms with Crippen LogP contribution in [-0.2, 0) is 30.8 Å². The second-order valence-electron chi connectivity index (χ2n) is 10.5. The second-order valence-corrected chi connectivity index (χ2v) is 14.0. The number of sulfonamides is 1. The SMILES string of the molecule is Cc1ccc(S(=O)(=O)N2CSC(C)(C)[C@H]2C(=O)N[C@@H](Cc2ccc(N)cc2)C(=O)OC(C)(C)C)cc1. The number of nitrogen functional groups attached to an aromatic ring is 1. The van der Waals surface area contributed by atoms with Gasteiger partial charge in [-0.25, -0.2) is 13.2 Å². The Morgan fingerprint density at radius 2 is 1.72 bits per heavy atom. The van der Waals surface area contributed by atoms with Crippen LogP contribution in [0.25, 0.3) is 0 Å². The molecule has 0 spiro atoms. The predicted octanol–water partition coefficient (Wildman–Crippen LogP) is 3.49. The molecular weight excluding hydrogens is 498 g/mol. The van der Waals surface area contributed by atoms with Gasteiger partial charge >= 0.3 is 5.97 Å². The van der Waals surface area contributed by atoms with Gasteiger partial charge in [0.2, 0.25) is 15.9 Å². The van der Waals surface area contributed by atoms with Crippen LogP contribution in [0, 0.1) is 6.92 Å². The Balaban J connectivity index is 1.91. The highest BCUT2D eigenvalue weighted by Crippen LogP contribution is 2.42. The molecule has 0 unspecified atom stereocenters. The van der Waals surface area contributed by atoms with E-state index in [1.165, 1.54) is 16.1 Å². The molecule has 3 rings (SSSR count). The first kappa shape index (κ1) is 28.0. The first-order chi connectivity index (χ1) is 16.6. The minimum Gasteiger partial charge on any atom is -0.458 e. The first-order valence-corrected chi connectivity index (χ1v) is 14.1. The lowest BCUT2D eigenvalue weighted by Gasteiger charge is -2.32. The molecule has 1 fully saturated rings. The van der Waals surface area contributed by atoms with E-state index < -0.39 is 44.3 Å². The number of carbonyl (C=O) groups is 2. The van der Waals surface area contributed by atoms with Crippen LogP contribution in [-0.4, -0.2) is 52.9 Å². The average Bonchev–Trinajstić information content (AvgIpc) is 3.09. The molecule has 36 heavy (non-hydrogen) atoms. The topological polar surface area (TPSA) is 119 Å². The van der Waals surface area contributed by atoms with Gasteiger partial charge < -0.3 is 15.8 Å². The molecule has 1 aliphatic rings. The van der Waals surface area contributed by atoms with Crippen molar-refractivity contribution in [3.8, 4) is 0 Å². The van der Waals surface area contributed by atoms with Crippen molar-refractivity contribution in [2.45, 2.75) is 75.3 Å². The smallest absolute Gasteiger partial charge is 0.329 e. The van der Waals surface area contributed by atoms with E-state index >= 15 is 0 Å². The summed E-state index contributed by atoms with van der Waals surface area (Å²) in [6.07, 6.45) is 0.173. The Kier molecular flexibility index (Phi) is 8.12. The largest absolute Gasteiger partial charge is 0.458 e. The minimum absolute atomic E-state index is 0.120. The summed E-state index contributed by atoms with van der Waals surface area (Å²) >= 11 is 1.38. The predicted molar refractivity (Wildman–Crippen MR) is 143 cm³/mol. The van der Waals surface area contributed by atoms with E-state index in [0.717, 1.165) is 11.1 Å². The van der Waals surface area contributed by atoms with Crippen molar-refractivity contribution in [1.82, 2.24) is 9.62 Å². The van der Waals surface area contributed by atoms with E-state index in [0.29, 0.717) is 5.69 Å². The molecule has 3 N–H and O–H groups in total. The van der Waals surface area contributed by atoms with Gasteiger partial charge in [0, 0.05) is 16.9 Å². The van der Waals surface area contributed by atoms with Crippen molar-refractivity contribution >= 4 is 39.3 Å². The molecule has 0 radical (unpaired) electrons. The number of nitrogens with one attached hydrogen (secondary N) is 1. The summed E-state index contributed by atoms with van der Waals surface area (Å²) in [6, 6.07) is 11.5. The summed E-state index contributed by atoms with van der Waals surface area (Å²) in [5, 5.41) is 2.80.